The maximum atomic E-state index is 11.5. The topological polar surface area (TPSA) is 31.2 Å². The van der Waals surface area contributed by atoms with Gasteiger partial charge in [0.25, 0.3) is 0 Å². The quantitative estimate of drug-likeness (QED) is 0.726. The fraction of sp³-hybridized carbons (Fsp3) is 0.500. The van der Waals surface area contributed by atoms with Crippen LogP contribution in [0.15, 0.2) is 12.3 Å². The van der Waals surface area contributed by atoms with E-state index in [0.717, 1.165) is 0 Å². The summed E-state index contributed by atoms with van der Waals surface area (Å²) in [6.07, 6.45) is 1.61. The van der Waals surface area contributed by atoms with Gasteiger partial charge in [-0.15, -0.1) is 0 Å². The highest BCUT2D eigenvalue weighted by molar-refractivity contribution is 6.30. The fourth-order valence-corrected chi connectivity index (χ4v) is 1.40. The first kappa shape index (κ1) is 11.1. The molecule has 0 saturated carbocycles. The second kappa shape index (κ2) is 4.51. The van der Waals surface area contributed by atoms with Crippen LogP contribution in [0.2, 0.25) is 5.02 Å². The van der Waals surface area contributed by atoms with Gasteiger partial charge in [0.1, 0.15) is 5.69 Å². The number of ether oxygens (including phenoxy) is 1. The molecule has 0 amide bonds. The number of nitrogens with zero attached hydrogens (tertiary/aromatic N) is 1. The molecule has 14 heavy (non-hydrogen) atoms. The average Bonchev–Trinajstić information content (AvgIpc) is 2.45. The minimum absolute atomic E-state index is 0.110. The molecule has 78 valence electrons. The zero-order chi connectivity index (χ0) is 10.7. The number of carbonyl (C=O) groups excluding carboxylic acids is 1. The first-order valence-electron chi connectivity index (χ1n) is 4.61. The number of hydrogen-bond acceptors (Lipinski definition) is 2. The molecular weight excluding hydrogens is 202 g/mol. The monoisotopic (exact) mass is 215 g/mol. The standard InChI is InChI=1S/C10H14ClNO2/c1-4-12-6-8(11)5-9(12)10(13)14-7(2)3/h5-7H,4H2,1-3H3. The van der Waals surface area contributed by atoms with Crippen molar-refractivity contribution in [3.8, 4) is 0 Å². The van der Waals surface area contributed by atoms with E-state index in [4.69, 9.17) is 16.3 Å². The molecule has 0 aliphatic carbocycles. The van der Waals surface area contributed by atoms with Crippen molar-refractivity contribution in [2.24, 2.45) is 0 Å². The minimum atomic E-state index is -0.325. The largest absolute Gasteiger partial charge is 0.458 e. The smallest absolute Gasteiger partial charge is 0.355 e. The molecule has 0 fully saturated rings. The van der Waals surface area contributed by atoms with Crippen molar-refractivity contribution in [1.82, 2.24) is 4.57 Å². The lowest BCUT2D eigenvalue weighted by atomic mass is 10.4. The molecule has 0 atom stereocenters. The van der Waals surface area contributed by atoms with Crippen LogP contribution < -0.4 is 0 Å². The zero-order valence-corrected chi connectivity index (χ0v) is 9.34. The predicted molar refractivity (Wildman–Crippen MR) is 55.7 cm³/mol. The van der Waals surface area contributed by atoms with Crippen LogP contribution in [0.1, 0.15) is 31.3 Å². The van der Waals surface area contributed by atoms with Crippen LogP contribution in [0.25, 0.3) is 0 Å². The minimum Gasteiger partial charge on any atom is -0.458 e. The molecule has 1 aromatic heterocycles. The number of esters is 1. The van der Waals surface area contributed by atoms with Crippen LogP contribution in [0.3, 0.4) is 0 Å². The van der Waals surface area contributed by atoms with Gasteiger partial charge in [0.05, 0.1) is 11.1 Å². The molecule has 4 heteroatoms. The molecule has 0 aromatic carbocycles. The van der Waals surface area contributed by atoms with E-state index in [2.05, 4.69) is 0 Å². The molecule has 1 heterocycles. The molecule has 0 saturated heterocycles. The van der Waals surface area contributed by atoms with Gasteiger partial charge >= 0.3 is 5.97 Å². The number of halogens is 1. The van der Waals surface area contributed by atoms with E-state index in [-0.39, 0.29) is 12.1 Å². The third kappa shape index (κ3) is 2.51. The highest BCUT2D eigenvalue weighted by atomic mass is 35.5. The van der Waals surface area contributed by atoms with Crippen LogP contribution in [-0.4, -0.2) is 16.6 Å². The lowest BCUT2D eigenvalue weighted by Crippen LogP contribution is -2.15. The second-order valence-corrected chi connectivity index (χ2v) is 3.72. The Bertz CT molecular complexity index is 331. The van der Waals surface area contributed by atoms with Gasteiger partial charge in [-0.25, -0.2) is 4.79 Å². The first-order valence-corrected chi connectivity index (χ1v) is 4.99. The molecule has 0 N–H and O–H groups in total. The Morgan fingerprint density at radius 3 is 2.79 bits per heavy atom. The van der Waals surface area contributed by atoms with Gasteiger partial charge in [-0.05, 0) is 26.8 Å². The Labute approximate surface area is 88.6 Å². The summed E-state index contributed by atoms with van der Waals surface area (Å²) in [7, 11) is 0. The molecule has 0 aliphatic rings. The number of rotatable bonds is 3. The third-order valence-electron chi connectivity index (χ3n) is 1.76. The Morgan fingerprint density at radius 1 is 1.64 bits per heavy atom. The Morgan fingerprint density at radius 2 is 2.29 bits per heavy atom. The number of aryl methyl sites for hydroxylation is 1. The summed E-state index contributed by atoms with van der Waals surface area (Å²) in [5.74, 6) is -0.325. The molecule has 0 bridgehead atoms. The van der Waals surface area contributed by atoms with Gasteiger partial charge in [-0.2, -0.15) is 0 Å². The number of carbonyl (C=O) groups is 1. The van der Waals surface area contributed by atoms with Crippen LogP contribution in [0.5, 0.6) is 0 Å². The molecule has 1 aromatic rings. The van der Waals surface area contributed by atoms with Crippen molar-refractivity contribution >= 4 is 17.6 Å². The number of aromatic nitrogens is 1. The van der Waals surface area contributed by atoms with E-state index in [0.29, 0.717) is 17.3 Å². The first-order chi connectivity index (χ1) is 6.54. The number of hydrogen-bond donors (Lipinski definition) is 0. The predicted octanol–water partition coefficient (Wildman–Crippen LogP) is 2.73. The highest BCUT2D eigenvalue weighted by Gasteiger charge is 2.14. The highest BCUT2D eigenvalue weighted by Crippen LogP contribution is 2.15. The van der Waals surface area contributed by atoms with E-state index >= 15 is 0 Å². The van der Waals surface area contributed by atoms with E-state index in [9.17, 15) is 4.79 Å². The van der Waals surface area contributed by atoms with Gasteiger partial charge in [0, 0.05) is 12.7 Å². The van der Waals surface area contributed by atoms with E-state index < -0.39 is 0 Å². The summed E-state index contributed by atoms with van der Waals surface area (Å²) in [5, 5.41) is 0.558. The zero-order valence-electron chi connectivity index (χ0n) is 8.58. The van der Waals surface area contributed by atoms with Crippen molar-refractivity contribution in [2.45, 2.75) is 33.4 Å². The molecule has 1 rings (SSSR count). The Balaban J connectivity index is 2.88. The second-order valence-electron chi connectivity index (χ2n) is 3.28. The lowest BCUT2D eigenvalue weighted by Gasteiger charge is -2.09. The van der Waals surface area contributed by atoms with Crippen LogP contribution >= 0.6 is 11.6 Å². The van der Waals surface area contributed by atoms with Crippen molar-refractivity contribution in [1.29, 1.82) is 0 Å². The third-order valence-corrected chi connectivity index (χ3v) is 1.96. The van der Waals surface area contributed by atoms with Crippen LogP contribution in [0.4, 0.5) is 0 Å². The Hall–Kier alpha value is -0.960. The van der Waals surface area contributed by atoms with Crippen molar-refractivity contribution in [3.05, 3.63) is 23.0 Å². The normalized spacial score (nSPS) is 10.6. The summed E-state index contributed by atoms with van der Waals surface area (Å²) >= 11 is 5.80. The van der Waals surface area contributed by atoms with Gasteiger partial charge in [-0.3, -0.25) is 0 Å². The van der Waals surface area contributed by atoms with Gasteiger partial charge in [0.15, 0.2) is 0 Å². The molecule has 0 radical (unpaired) electrons. The summed E-state index contributed by atoms with van der Waals surface area (Å²) in [6.45, 7) is 6.29. The summed E-state index contributed by atoms with van der Waals surface area (Å²) < 4.78 is 6.84. The lowest BCUT2D eigenvalue weighted by molar-refractivity contribution is 0.0365. The van der Waals surface area contributed by atoms with Crippen molar-refractivity contribution < 1.29 is 9.53 Å². The Kier molecular flexibility index (Phi) is 3.58. The van der Waals surface area contributed by atoms with Crippen molar-refractivity contribution in [2.75, 3.05) is 0 Å². The van der Waals surface area contributed by atoms with E-state index in [1.165, 1.54) is 0 Å². The maximum Gasteiger partial charge on any atom is 0.355 e. The average molecular weight is 216 g/mol. The summed E-state index contributed by atoms with van der Waals surface area (Å²) in [5.41, 5.74) is 0.506. The van der Waals surface area contributed by atoms with Gasteiger partial charge in [-0.1, -0.05) is 11.6 Å². The molecule has 0 aliphatic heterocycles. The van der Waals surface area contributed by atoms with Crippen LogP contribution in [-0.2, 0) is 11.3 Å². The van der Waals surface area contributed by atoms with Gasteiger partial charge < -0.3 is 9.30 Å². The fourth-order valence-electron chi connectivity index (χ4n) is 1.18. The molecule has 3 nitrogen and oxygen atoms in total. The maximum absolute atomic E-state index is 11.5. The van der Waals surface area contributed by atoms with Crippen molar-refractivity contribution in [3.63, 3.8) is 0 Å². The molecule has 0 unspecified atom stereocenters. The summed E-state index contributed by atoms with van der Waals surface area (Å²) in [6, 6.07) is 1.62. The SMILES string of the molecule is CCn1cc(Cl)cc1C(=O)OC(C)C. The van der Waals surface area contributed by atoms with E-state index in [1.54, 1.807) is 16.8 Å². The van der Waals surface area contributed by atoms with E-state index in [1.807, 2.05) is 20.8 Å². The molecule has 0 spiro atoms. The summed E-state index contributed by atoms with van der Waals surface area (Å²) in [4.78, 5) is 11.5. The van der Waals surface area contributed by atoms with Crippen LogP contribution in [0, 0.1) is 0 Å². The molecular formula is C10H14ClNO2. The van der Waals surface area contributed by atoms with Gasteiger partial charge in [0.2, 0.25) is 0 Å².